The van der Waals surface area contributed by atoms with Gasteiger partial charge in [0.25, 0.3) is 0 Å². The lowest BCUT2D eigenvalue weighted by atomic mass is 9.63. The summed E-state index contributed by atoms with van der Waals surface area (Å²) in [5.74, 6) is 2.44. The van der Waals surface area contributed by atoms with E-state index in [2.05, 4.69) is 322 Å². The maximum Gasteiger partial charge on any atom is 0.121 e. The van der Waals surface area contributed by atoms with E-state index in [1.165, 1.54) is 89.0 Å². The first-order chi connectivity index (χ1) is 50.2. The lowest BCUT2D eigenvalue weighted by Gasteiger charge is -2.47. The number of benzene rings is 10. The highest BCUT2D eigenvalue weighted by Gasteiger charge is 2.52. The van der Waals surface area contributed by atoms with Crippen LogP contribution in [0.1, 0.15) is 327 Å². The topological polar surface area (TPSA) is 87.4 Å². The van der Waals surface area contributed by atoms with Gasteiger partial charge in [0.05, 0.1) is 12.2 Å². The quantitative estimate of drug-likeness (QED) is 0.0482. The van der Waals surface area contributed by atoms with Gasteiger partial charge in [0.15, 0.2) is 0 Å². The van der Waals surface area contributed by atoms with Crippen molar-refractivity contribution < 1.29 is 20.4 Å². The first-order valence-electron chi connectivity index (χ1n) is 39.9. The molecule has 0 aliphatic heterocycles. The molecule has 0 unspecified atom stereocenters. The van der Waals surface area contributed by atoms with E-state index < -0.39 is 24.0 Å². The Labute approximate surface area is 637 Å². The van der Waals surface area contributed by atoms with E-state index in [9.17, 15) is 20.4 Å². The van der Waals surface area contributed by atoms with Crippen molar-refractivity contribution >= 4 is 34.1 Å². The van der Waals surface area contributed by atoms with Gasteiger partial charge in [-0.15, -0.1) is 0 Å². The minimum atomic E-state index is -1.12. The van der Waals surface area contributed by atoms with E-state index >= 15 is 0 Å². The third-order valence-corrected chi connectivity index (χ3v) is 22.9. The zero-order valence-electron chi connectivity index (χ0n) is 68.2. The number of rotatable bonds is 24. The average molecular weight is 1420 g/mol. The predicted octanol–water partition coefficient (Wildman–Crippen LogP) is 28.8. The Kier molecular flexibility index (Phi) is 23.7. The van der Waals surface area contributed by atoms with E-state index in [0.29, 0.717) is 82.1 Å². The third-order valence-electron chi connectivity index (χ3n) is 22.9. The number of nitrogens with zero attached hydrogens (tertiary/aromatic N) is 2. The maximum atomic E-state index is 12.4. The lowest BCUT2D eigenvalue weighted by Crippen LogP contribution is -2.51. The zero-order valence-corrected chi connectivity index (χ0v) is 68.2. The number of phenols is 2. The van der Waals surface area contributed by atoms with Crippen molar-refractivity contribution in [3.05, 3.63) is 260 Å². The second-order valence-corrected chi connectivity index (χ2v) is 34.5. The fraction of sp³-hybridized carbons (Fsp3) is 0.400. The minimum absolute atomic E-state index is 0.0341. The minimum Gasteiger partial charge on any atom is -0.508 e. The second-order valence-electron chi connectivity index (χ2n) is 34.5. The SMILES string of the molecule is CC(C)c1cc(C(C)C)c(-c2ccc(N(c3ccc(-c4c(C(C)C)cc(C(C)C)cc4C(C)C)cc3)c3ccc(C4C(O)C(c5ccc(N(c6ccc(-c7c(C(C)C)cc(C(C)C)cc7C(C)C)cc6)c6ccc(-c7c(C(C)C)cc(C(C)C)cc7C(C)C)cc6)cc5O)C4O)c(O)c3)cc2)c(C(C)C)c1. The number of phenolic OH excluding ortho intramolecular Hbond substituents is 2. The molecule has 106 heavy (non-hydrogen) atoms. The Morgan fingerprint density at radius 2 is 0.387 bits per heavy atom. The van der Waals surface area contributed by atoms with Crippen molar-refractivity contribution in [3.63, 3.8) is 0 Å². The van der Waals surface area contributed by atoms with Crippen LogP contribution in [0.3, 0.4) is 0 Å². The third kappa shape index (κ3) is 15.6. The highest BCUT2D eigenvalue weighted by atomic mass is 16.3. The van der Waals surface area contributed by atoms with Gasteiger partial charge in [-0.2, -0.15) is 0 Å². The standard InChI is InChI=1S/C100H122N2O4/c1-55(2)71-45-83(59(9)10)93(84(46-71)60(11)12)67-25-33-75(34-26-67)101(76-35-27-68(28-36-76)94-85(61(13)14)47-72(56(3)4)48-86(94)62(15)16)79-41-43-81(91(103)53-79)97-99(105)98(100(97)106)82-44-42-80(54-92(82)104)102(77-37-29-69(30-38-77)95-87(63(17)18)49-73(57(5)6)50-88(95)64(19)20)78-39-31-70(32-40-78)96-89(65(21)22)51-74(58(7)8)52-90(96)66(23)24/h25-66,97-100,103-106H,1-24H3. The van der Waals surface area contributed by atoms with Crippen molar-refractivity contribution in [3.8, 4) is 56.0 Å². The summed E-state index contributed by atoms with van der Waals surface area (Å²) in [6, 6.07) is 66.0. The van der Waals surface area contributed by atoms with Gasteiger partial charge in [-0.25, -0.2) is 0 Å². The van der Waals surface area contributed by atoms with Crippen molar-refractivity contribution in [2.75, 3.05) is 9.80 Å². The molecule has 6 nitrogen and oxygen atoms in total. The molecule has 0 saturated heterocycles. The highest BCUT2D eigenvalue weighted by Crippen LogP contribution is 2.55. The number of anilines is 6. The predicted molar refractivity (Wildman–Crippen MR) is 454 cm³/mol. The number of aromatic hydroxyl groups is 2. The molecule has 0 aromatic heterocycles. The van der Waals surface area contributed by atoms with Crippen molar-refractivity contribution in [1.29, 1.82) is 0 Å². The normalized spacial score (nSPS) is 15.6. The van der Waals surface area contributed by atoms with Gasteiger partial charge in [-0.1, -0.05) is 275 Å². The number of hydrogen-bond acceptors (Lipinski definition) is 6. The van der Waals surface area contributed by atoms with Gasteiger partial charge in [0.2, 0.25) is 0 Å². The van der Waals surface area contributed by atoms with E-state index in [4.69, 9.17) is 0 Å². The molecule has 1 aliphatic rings. The monoisotopic (exact) mass is 1410 g/mol. The Hall–Kier alpha value is -8.68. The lowest BCUT2D eigenvalue weighted by molar-refractivity contribution is -0.0797. The van der Waals surface area contributed by atoms with Gasteiger partial charge in [-0.05, 0) is 243 Å². The van der Waals surface area contributed by atoms with Crippen LogP contribution in [-0.2, 0) is 0 Å². The number of hydrogen-bond donors (Lipinski definition) is 4. The number of aliphatic hydroxyl groups excluding tert-OH is 2. The molecule has 0 bridgehead atoms. The second kappa shape index (κ2) is 32.0. The maximum absolute atomic E-state index is 12.4. The smallest absolute Gasteiger partial charge is 0.121 e. The molecule has 0 radical (unpaired) electrons. The summed E-state index contributed by atoms with van der Waals surface area (Å²) < 4.78 is 0. The number of aliphatic hydroxyl groups is 2. The molecular formula is C100H122N2O4. The van der Waals surface area contributed by atoms with Gasteiger partial charge < -0.3 is 30.2 Å². The largest absolute Gasteiger partial charge is 0.508 e. The molecular weight excluding hydrogens is 1290 g/mol. The van der Waals surface area contributed by atoms with Crippen LogP contribution in [0.4, 0.5) is 34.1 Å². The first kappa shape index (κ1) is 78.4. The van der Waals surface area contributed by atoms with E-state index in [1.807, 2.05) is 24.3 Å². The highest BCUT2D eigenvalue weighted by molar-refractivity contribution is 5.86. The summed E-state index contributed by atoms with van der Waals surface area (Å²) in [5.41, 5.74) is 32.1. The Balaban J connectivity index is 0.959. The Morgan fingerprint density at radius 1 is 0.217 bits per heavy atom. The van der Waals surface area contributed by atoms with E-state index in [0.717, 1.165) is 56.4 Å². The molecule has 4 N–H and O–H groups in total. The van der Waals surface area contributed by atoms with Crippen molar-refractivity contribution in [1.82, 2.24) is 0 Å². The molecule has 11 rings (SSSR count). The molecule has 1 fully saturated rings. The average Bonchev–Trinajstić information content (AvgIpc) is 0.735. The summed E-state index contributed by atoms with van der Waals surface area (Å²) in [6.07, 6.45) is -2.25. The van der Waals surface area contributed by atoms with E-state index in [1.54, 1.807) is 12.1 Å². The van der Waals surface area contributed by atoms with Crippen LogP contribution in [0.15, 0.2) is 182 Å². The molecule has 0 atom stereocenters. The summed E-state index contributed by atoms with van der Waals surface area (Å²) >= 11 is 0. The summed E-state index contributed by atoms with van der Waals surface area (Å²) in [5, 5.41) is 49.8. The van der Waals surface area contributed by atoms with Gasteiger partial charge in [-0.3, -0.25) is 0 Å². The first-order valence-corrected chi connectivity index (χ1v) is 39.9. The van der Waals surface area contributed by atoms with Crippen LogP contribution in [0.5, 0.6) is 11.5 Å². The molecule has 6 heteroatoms. The van der Waals surface area contributed by atoms with Crippen LogP contribution in [0.2, 0.25) is 0 Å². The van der Waals surface area contributed by atoms with Crippen LogP contribution in [-0.4, -0.2) is 32.6 Å². The van der Waals surface area contributed by atoms with Gasteiger partial charge in [0, 0.05) is 69.2 Å². The molecule has 1 saturated carbocycles. The molecule has 0 heterocycles. The summed E-state index contributed by atoms with van der Waals surface area (Å²) in [6.45, 7) is 54.9. The molecule has 1 aliphatic carbocycles. The fourth-order valence-corrected chi connectivity index (χ4v) is 16.5. The Bertz CT molecular complexity index is 4070. The van der Waals surface area contributed by atoms with Crippen LogP contribution >= 0.6 is 0 Å². The zero-order chi connectivity index (χ0) is 76.9. The molecule has 0 spiro atoms. The fourth-order valence-electron chi connectivity index (χ4n) is 16.5. The summed E-state index contributed by atoms with van der Waals surface area (Å²) in [4.78, 5) is 4.38. The molecule has 556 valence electrons. The van der Waals surface area contributed by atoms with Crippen LogP contribution in [0.25, 0.3) is 44.5 Å². The van der Waals surface area contributed by atoms with Crippen LogP contribution in [0, 0.1) is 0 Å². The van der Waals surface area contributed by atoms with Crippen molar-refractivity contribution in [2.45, 2.75) is 261 Å². The van der Waals surface area contributed by atoms with Gasteiger partial charge >= 0.3 is 0 Å². The van der Waals surface area contributed by atoms with Crippen molar-refractivity contribution in [2.24, 2.45) is 0 Å². The summed E-state index contributed by atoms with van der Waals surface area (Å²) in [7, 11) is 0. The molecule has 10 aromatic rings. The van der Waals surface area contributed by atoms with Crippen LogP contribution < -0.4 is 9.80 Å². The molecule has 0 amide bonds. The van der Waals surface area contributed by atoms with Gasteiger partial charge in [0.1, 0.15) is 11.5 Å². The Morgan fingerprint density at radius 3 is 0.538 bits per heavy atom. The molecule has 10 aromatic carbocycles. The van der Waals surface area contributed by atoms with E-state index in [-0.39, 0.29) is 11.5 Å².